The van der Waals surface area contributed by atoms with Crippen molar-refractivity contribution < 1.29 is 4.84 Å². The maximum Gasteiger partial charge on any atom is 0.0685 e. The third kappa shape index (κ3) is 10.3. The quantitative estimate of drug-likeness (QED) is 0.547. The van der Waals surface area contributed by atoms with E-state index >= 15 is 0 Å². The van der Waals surface area contributed by atoms with Crippen LogP contribution in [0, 0.1) is 0 Å². The normalized spacial score (nSPS) is 16.9. The van der Waals surface area contributed by atoms with Gasteiger partial charge in [-0.1, -0.05) is 64.7 Å². The SMILES string of the molecule is CCCCCCCCCCCCON1CCNCC1. The number of nitrogens with zero attached hydrogens (tertiary/aromatic N) is 1. The number of hydroxylamine groups is 2. The molecule has 3 nitrogen and oxygen atoms in total. The summed E-state index contributed by atoms with van der Waals surface area (Å²) in [5, 5.41) is 5.45. The topological polar surface area (TPSA) is 24.5 Å². The van der Waals surface area contributed by atoms with Gasteiger partial charge in [-0.05, 0) is 6.42 Å². The lowest BCUT2D eigenvalue weighted by Crippen LogP contribution is -2.43. The summed E-state index contributed by atoms with van der Waals surface area (Å²) in [6.07, 6.45) is 13.9. The molecule has 0 aliphatic carbocycles. The van der Waals surface area contributed by atoms with Gasteiger partial charge in [-0.3, -0.25) is 4.84 Å². The molecule has 0 bridgehead atoms. The largest absolute Gasteiger partial charge is 0.314 e. The van der Waals surface area contributed by atoms with Crippen LogP contribution >= 0.6 is 0 Å². The first-order valence-corrected chi connectivity index (χ1v) is 8.52. The Bertz CT molecular complexity index is 182. The Kier molecular flexibility index (Phi) is 11.5. The Morgan fingerprint density at radius 2 is 1.32 bits per heavy atom. The number of hydrogen-bond acceptors (Lipinski definition) is 3. The lowest BCUT2D eigenvalue weighted by atomic mass is 10.1. The van der Waals surface area contributed by atoms with Gasteiger partial charge in [0.05, 0.1) is 6.61 Å². The third-order valence-corrected chi connectivity index (χ3v) is 3.85. The van der Waals surface area contributed by atoms with Crippen LogP contribution in [0.5, 0.6) is 0 Å². The molecule has 0 saturated carbocycles. The number of unbranched alkanes of at least 4 members (excludes halogenated alkanes) is 9. The van der Waals surface area contributed by atoms with E-state index in [0.29, 0.717) is 0 Å². The van der Waals surface area contributed by atoms with E-state index in [-0.39, 0.29) is 0 Å². The first-order chi connectivity index (χ1) is 9.43. The average molecular weight is 270 g/mol. The van der Waals surface area contributed by atoms with Crippen molar-refractivity contribution in [2.24, 2.45) is 0 Å². The van der Waals surface area contributed by atoms with Crippen LogP contribution < -0.4 is 5.32 Å². The molecule has 114 valence electrons. The molecule has 1 rings (SSSR count). The van der Waals surface area contributed by atoms with Crippen molar-refractivity contribution in [3.63, 3.8) is 0 Å². The molecule has 0 unspecified atom stereocenters. The Morgan fingerprint density at radius 1 is 0.789 bits per heavy atom. The van der Waals surface area contributed by atoms with Crippen molar-refractivity contribution in [3.8, 4) is 0 Å². The van der Waals surface area contributed by atoms with Gasteiger partial charge in [0.1, 0.15) is 0 Å². The average Bonchev–Trinajstić information content (AvgIpc) is 2.46. The Hall–Kier alpha value is -0.120. The van der Waals surface area contributed by atoms with Crippen molar-refractivity contribution in [1.82, 2.24) is 10.4 Å². The minimum Gasteiger partial charge on any atom is -0.314 e. The van der Waals surface area contributed by atoms with Crippen molar-refractivity contribution >= 4 is 0 Å². The zero-order valence-corrected chi connectivity index (χ0v) is 13.0. The van der Waals surface area contributed by atoms with Gasteiger partial charge in [-0.2, -0.15) is 5.06 Å². The molecule has 1 saturated heterocycles. The highest BCUT2D eigenvalue weighted by Crippen LogP contribution is 2.10. The van der Waals surface area contributed by atoms with Crippen LogP contribution in [0.2, 0.25) is 0 Å². The molecule has 0 aromatic rings. The molecule has 1 N–H and O–H groups in total. The molecule has 1 fully saturated rings. The Balaban J connectivity index is 1.71. The van der Waals surface area contributed by atoms with Crippen molar-refractivity contribution in [2.45, 2.75) is 71.1 Å². The molecular weight excluding hydrogens is 236 g/mol. The molecule has 0 spiro atoms. The molecule has 0 atom stereocenters. The van der Waals surface area contributed by atoms with Gasteiger partial charge in [0.25, 0.3) is 0 Å². The lowest BCUT2D eigenvalue weighted by molar-refractivity contribution is -0.165. The summed E-state index contributed by atoms with van der Waals surface area (Å²) in [5.41, 5.74) is 0. The van der Waals surface area contributed by atoms with Crippen LogP contribution in [0.25, 0.3) is 0 Å². The summed E-state index contributed by atoms with van der Waals surface area (Å²) in [7, 11) is 0. The fourth-order valence-corrected chi connectivity index (χ4v) is 2.56. The van der Waals surface area contributed by atoms with Gasteiger partial charge in [0, 0.05) is 26.2 Å². The van der Waals surface area contributed by atoms with Crippen molar-refractivity contribution in [2.75, 3.05) is 32.8 Å². The standard InChI is InChI=1S/C16H34N2O/c1-2-3-4-5-6-7-8-9-10-11-16-19-18-14-12-17-13-15-18/h17H,2-16H2,1H3. The molecular formula is C16H34N2O. The molecule has 1 aliphatic rings. The lowest BCUT2D eigenvalue weighted by Gasteiger charge is -2.26. The second-order valence-electron chi connectivity index (χ2n) is 5.69. The zero-order valence-electron chi connectivity index (χ0n) is 13.0. The van der Waals surface area contributed by atoms with E-state index in [1.165, 1.54) is 64.2 Å². The van der Waals surface area contributed by atoms with Crippen LogP contribution in [0.15, 0.2) is 0 Å². The molecule has 1 heterocycles. The maximum atomic E-state index is 5.75. The first-order valence-electron chi connectivity index (χ1n) is 8.52. The van der Waals surface area contributed by atoms with E-state index in [1.807, 2.05) is 0 Å². The summed E-state index contributed by atoms with van der Waals surface area (Å²) in [5.74, 6) is 0. The number of hydrogen-bond donors (Lipinski definition) is 1. The summed E-state index contributed by atoms with van der Waals surface area (Å²) >= 11 is 0. The molecule has 0 aromatic heterocycles. The van der Waals surface area contributed by atoms with Gasteiger partial charge in [0.2, 0.25) is 0 Å². The third-order valence-electron chi connectivity index (χ3n) is 3.85. The van der Waals surface area contributed by atoms with Gasteiger partial charge in [-0.15, -0.1) is 0 Å². The molecule has 0 amide bonds. The summed E-state index contributed by atoms with van der Waals surface area (Å²) in [6, 6.07) is 0. The Labute approximate surface area is 120 Å². The highest BCUT2D eigenvalue weighted by Gasteiger charge is 2.08. The van der Waals surface area contributed by atoms with Gasteiger partial charge < -0.3 is 5.32 Å². The smallest absolute Gasteiger partial charge is 0.0685 e. The summed E-state index contributed by atoms with van der Waals surface area (Å²) in [4.78, 5) is 5.75. The first kappa shape index (κ1) is 16.9. The molecule has 0 radical (unpaired) electrons. The van der Waals surface area contributed by atoms with E-state index in [1.54, 1.807) is 0 Å². The second kappa shape index (κ2) is 12.9. The molecule has 3 heteroatoms. The van der Waals surface area contributed by atoms with Crippen LogP contribution in [-0.4, -0.2) is 37.8 Å². The number of nitrogens with one attached hydrogen (secondary N) is 1. The van der Waals surface area contributed by atoms with Gasteiger partial charge in [-0.25, -0.2) is 0 Å². The van der Waals surface area contributed by atoms with Gasteiger partial charge in [0.15, 0.2) is 0 Å². The number of piperazine rings is 1. The fraction of sp³-hybridized carbons (Fsp3) is 1.00. The van der Waals surface area contributed by atoms with Crippen molar-refractivity contribution in [1.29, 1.82) is 0 Å². The van der Waals surface area contributed by atoms with E-state index in [9.17, 15) is 0 Å². The fourth-order valence-electron chi connectivity index (χ4n) is 2.56. The van der Waals surface area contributed by atoms with Crippen LogP contribution in [-0.2, 0) is 4.84 Å². The highest BCUT2D eigenvalue weighted by molar-refractivity contribution is 4.60. The summed E-state index contributed by atoms with van der Waals surface area (Å²) in [6.45, 7) is 7.41. The summed E-state index contributed by atoms with van der Waals surface area (Å²) < 4.78 is 0. The van der Waals surface area contributed by atoms with E-state index in [2.05, 4.69) is 17.3 Å². The minimum absolute atomic E-state index is 0.913. The maximum absolute atomic E-state index is 5.75. The Morgan fingerprint density at radius 3 is 1.89 bits per heavy atom. The van der Waals surface area contributed by atoms with Crippen LogP contribution in [0.1, 0.15) is 71.1 Å². The molecule has 1 aliphatic heterocycles. The zero-order chi connectivity index (χ0) is 13.6. The van der Waals surface area contributed by atoms with Crippen LogP contribution in [0.4, 0.5) is 0 Å². The van der Waals surface area contributed by atoms with Crippen LogP contribution in [0.3, 0.4) is 0 Å². The predicted molar refractivity (Wildman–Crippen MR) is 82.2 cm³/mol. The van der Waals surface area contributed by atoms with Gasteiger partial charge >= 0.3 is 0 Å². The minimum atomic E-state index is 0.913. The van der Waals surface area contributed by atoms with E-state index < -0.39 is 0 Å². The van der Waals surface area contributed by atoms with E-state index in [4.69, 9.17) is 4.84 Å². The molecule has 19 heavy (non-hydrogen) atoms. The second-order valence-corrected chi connectivity index (χ2v) is 5.69. The predicted octanol–water partition coefficient (Wildman–Crippen LogP) is 3.74. The monoisotopic (exact) mass is 270 g/mol. The highest BCUT2D eigenvalue weighted by atomic mass is 16.7. The van der Waals surface area contributed by atoms with Crippen molar-refractivity contribution in [3.05, 3.63) is 0 Å². The van der Waals surface area contributed by atoms with E-state index in [0.717, 1.165) is 32.8 Å². The number of rotatable bonds is 12. The molecule has 0 aromatic carbocycles.